The Kier molecular flexibility index (Phi) is 4.13. The predicted molar refractivity (Wildman–Crippen MR) is 58.3 cm³/mol. The smallest absolute Gasteiger partial charge is 0.0249 e. The summed E-state index contributed by atoms with van der Waals surface area (Å²) in [6.45, 7) is 8.58. The number of hydrogen-bond acceptors (Lipinski definition) is 1. The van der Waals surface area contributed by atoms with Crippen molar-refractivity contribution in [3.8, 4) is 0 Å². The summed E-state index contributed by atoms with van der Waals surface area (Å²) in [6.07, 6.45) is 2.77. The SMILES string of the molecule is CC(C)CCN1CC[C@H](I)C1. The van der Waals surface area contributed by atoms with E-state index >= 15 is 0 Å². The Balaban J connectivity index is 2.08. The van der Waals surface area contributed by atoms with Crippen LogP contribution < -0.4 is 0 Å². The van der Waals surface area contributed by atoms with E-state index in [-0.39, 0.29) is 0 Å². The molecule has 0 aromatic heterocycles. The molecule has 0 saturated carbocycles. The van der Waals surface area contributed by atoms with Crippen LogP contribution in [0.4, 0.5) is 0 Å². The van der Waals surface area contributed by atoms with E-state index in [0.29, 0.717) is 0 Å². The molecule has 0 spiro atoms. The third kappa shape index (κ3) is 3.74. The first-order valence-corrected chi connectivity index (χ1v) is 5.79. The van der Waals surface area contributed by atoms with Crippen LogP contribution in [0.1, 0.15) is 26.7 Å². The average Bonchev–Trinajstić information content (AvgIpc) is 2.31. The van der Waals surface area contributed by atoms with Gasteiger partial charge in [-0.2, -0.15) is 0 Å². The van der Waals surface area contributed by atoms with Crippen molar-refractivity contribution >= 4 is 22.6 Å². The second-order valence-electron chi connectivity index (χ2n) is 3.87. The fraction of sp³-hybridized carbons (Fsp3) is 1.00. The molecular weight excluding hydrogens is 249 g/mol. The molecule has 1 aliphatic heterocycles. The van der Waals surface area contributed by atoms with Gasteiger partial charge in [-0.05, 0) is 31.8 Å². The van der Waals surface area contributed by atoms with Gasteiger partial charge in [-0.15, -0.1) is 0 Å². The van der Waals surface area contributed by atoms with Crippen molar-refractivity contribution in [1.82, 2.24) is 4.90 Å². The molecule has 2 heteroatoms. The molecule has 1 rings (SSSR count). The van der Waals surface area contributed by atoms with Gasteiger partial charge in [0.2, 0.25) is 0 Å². The topological polar surface area (TPSA) is 3.24 Å². The molecular formula is C9H18IN. The van der Waals surface area contributed by atoms with E-state index in [1.165, 1.54) is 32.5 Å². The summed E-state index contributed by atoms with van der Waals surface area (Å²) in [5.41, 5.74) is 0. The molecule has 1 heterocycles. The predicted octanol–water partition coefficient (Wildman–Crippen LogP) is 2.54. The molecule has 0 aromatic carbocycles. The van der Waals surface area contributed by atoms with Gasteiger partial charge in [-0.3, -0.25) is 0 Å². The molecule has 1 nitrogen and oxygen atoms in total. The lowest BCUT2D eigenvalue weighted by atomic mass is 10.1. The Hall–Kier alpha value is 0.690. The van der Waals surface area contributed by atoms with Crippen LogP contribution in [0.25, 0.3) is 0 Å². The lowest BCUT2D eigenvalue weighted by molar-refractivity contribution is 0.315. The molecule has 1 fully saturated rings. The van der Waals surface area contributed by atoms with Gasteiger partial charge in [-0.1, -0.05) is 36.4 Å². The third-order valence-electron chi connectivity index (χ3n) is 2.24. The second-order valence-corrected chi connectivity index (χ2v) is 5.63. The molecule has 0 unspecified atom stereocenters. The van der Waals surface area contributed by atoms with E-state index < -0.39 is 0 Å². The molecule has 66 valence electrons. The van der Waals surface area contributed by atoms with Crippen LogP contribution in [0.2, 0.25) is 0 Å². The Labute approximate surface area is 83.7 Å². The van der Waals surface area contributed by atoms with E-state index in [0.717, 1.165) is 9.84 Å². The first-order valence-electron chi connectivity index (χ1n) is 4.55. The maximum absolute atomic E-state index is 2.59. The molecule has 1 aliphatic rings. The lowest BCUT2D eigenvalue weighted by Crippen LogP contribution is -2.22. The zero-order chi connectivity index (χ0) is 8.27. The molecule has 0 aliphatic carbocycles. The first-order chi connectivity index (χ1) is 5.18. The number of halogens is 1. The Morgan fingerprint density at radius 3 is 2.73 bits per heavy atom. The molecule has 11 heavy (non-hydrogen) atoms. The summed E-state index contributed by atoms with van der Waals surface area (Å²) in [4.78, 5) is 2.59. The zero-order valence-electron chi connectivity index (χ0n) is 7.52. The van der Waals surface area contributed by atoms with Gasteiger partial charge < -0.3 is 4.90 Å². The third-order valence-corrected chi connectivity index (χ3v) is 3.25. The molecule has 0 aromatic rings. The van der Waals surface area contributed by atoms with Gasteiger partial charge in [0, 0.05) is 10.5 Å². The Morgan fingerprint density at radius 1 is 1.55 bits per heavy atom. The van der Waals surface area contributed by atoms with E-state index in [1.54, 1.807) is 0 Å². The maximum atomic E-state index is 2.59. The maximum Gasteiger partial charge on any atom is 0.0249 e. The highest BCUT2D eigenvalue weighted by Crippen LogP contribution is 2.17. The summed E-state index contributed by atoms with van der Waals surface area (Å²) in [5.74, 6) is 0.864. The van der Waals surface area contributed by atoms with Crippen molar-refractivity contribution in [1.29, 1.82) is 0 Å². The van der Waals surface area contributed by atoms with E-state index in [1.807, 2.05) is 0 Å². The van der Waals surface area contributed by atoms with Crippen molar-refractivity contribution in [2.75, 3.05) is 19.6 Å². The highest BCUT2D eigenvalue weighted by Gasteiger charge is 2.18. The summed E-state index contributed by atoms with van der Waals surface area (Å²) >= 11 is 2.56. The van der Waals surface area contributed by atoms with Crippen molar-refractivity contribution in [3.63, 3.8) is 0 Å². The number of rotatable bonds is 3. The number of hydrogen-bond donors (Lipinski definition) is 0. The van der Waals surface area contributed by atoms with Crippen molar-refractivity contribution in [3.05, 3.63) is 0 Å². The summed E-state index contributed by atoms with van der Waals surface area (Å²) in [5, 5.41) is 0. The van der Waals surface area contributed by atoms with Crippen LogP contribution in [0.5, 0.6) is 0 Å². The summed E-state index contributed by atoms with van der Waals surface area (Å²) in [6, 6.07) is 0. The molecule has 0 amide bonds. The standard InChI is InChI=1S/C9H18IN/c1-8(2)3-5-11-6-4-9(10)7-11/h8-9H,3-7H2,1-2H3/t9-/m0/s1. The van der Waals surface area contributed by atoms with Crippen molar-refractivity contribution in [2.45, 2.75) is 30.6 Å². The van der Waals surface area contributed by atoms with Crippen LogP contribution in [0.15, 0.2) is 0 Å². The molecule has 1 atom stereocenters. The van der Waals surface area contributed by atoms with Crippen LogP contribution in [0, 0.1) is 5.92 Å². The number of likely N-dealkylation sites (tertiary alicyclic amines) is 1. The monoisotopic (exact) mass is 267 g/mol. The number of alkyl halides is 1. The van der Waals surface area contributed by atoms with E-state index in [4.69, 9.17) is 0 Å². The van der Waals surface area contributed by atoms with Crippen LogP contribution in [-0.4, -0.2) is 28.5 Å². The van der Waals surface area contributed by atoms with E-state index in [9.17, 15) is 0 Å². The average molecular weight is 267 g/mol. The van der Waals surface area contributed by atoms with Gasteiger partial charge in [0.15, 0.2) is 0 Å². The minimum Gasteiger partial charge on any atom is -0.302 e. The lowest BCUT2D eigenvalue weighted by Gasteiger charge is -2.15. The Bertz CT molecular complexity index is 114. The number of nitrogens with zero attached hydrogens (tertiary/aromatic N) is 1. The van der Waals surface area contributed by atoms with Crippen LogP contribution in [-0.2, 0) is 0 Å². The Morgan fingerprint density at radius 2 is 2.27 bits per heavy atom. The fourth-order valence-electron chi connectivity index (χ4n) is 1.43. The zero-order valence-corrected chi connectivity index (χ0v) is 9.67. The second kappa shape index (κ2) is 4.65. The van der Waals surface area contributed by atoms with Gasteiger partial charge in [0.05, 0.1) is 0 Å². The normalized spacial score (nSPS) is 26.7. The fourth-order valence-corrected chi connectivity index (χ4v) is 2.26. The van der Waals surface area contributed by atoms with E-state index in [2.05, 4.69) is 41.3 Å². The summed E-state index contributed by atoms with van der Waals surface area (Å²) in [7, 11) is 0. The van der Waals surface area contributed by atoms with Gasteiger partial charge in [-0.25, -0.2) is 0 Å². The van der Waals surface area contributed by atoms with Crippen molar-refractivity contribution in [2.24, 2.45) is 5.92 Å². The quantitative estimate of drug-likeness (QED) is 0.561. The van der Waals surface area contributed by atoms with Crippen molar-refractivity contribution < 1.29 is 0 Å². The highest BCUT2D eigenvalue weighted by molar-refractivity contribution is 14.1. The van der Waals surface area contributed by atoms with Gasteiger partial charge >= 0.3 is 0 Å². The van der Waals surface area contributed by atoms with Gasteiger partial charge in [0.25, 0.3) is 0 Å². The molecule has 0 bridgehead atoms. The molecule has 1 saturated heterocycles. The summed E-state index contributed by atoms with van der Waals surface area (Å²) < 4.78 is 0.916. The minimum absolute atomic E-state index is 0.864. The molecule has 0 radical (unpaired) electrons. The molecule has 0 N–H and O–H groups in total. The largest absolute Gasteiger partial charge is 0.302 e. The first kappa shape index (κ1) is 9.78. The van der Waals surface area contributed by atoms with Crippen LogP contribution >= 0.6 is 22.6 Å². The minimum atomic E-state index is 0.864. The van der Waals surface area contributed by atoms with Gasteiger partial charge in [0.1, 0.15) is 0 Å². The van der Waals surface area contributed by atoms with Crippen LogP contribution in [0.3, 0.4) is 0 Å². The highest BCUT2D eigenvalue weighted by atomic mass is 127.